The molecule has 0 amide bonds. The van der Waals surface area contributed by atoms with Gasteiger partial charge in [-0.25, -0.2) is 0 Å². The fourth-order valence-electron chi connectivity index (χ4n) is 0.819. The van der Waals surface area contributed by atoms with Crippen LogP contribution in [-0.4, -0.2) is 12.3 Å². The van der Waals surface area contributed by atoms with Gasteiger partial charge < -0.3 is 0 Å². The van der Waals surface area contributed by atoms with E-state index in [0.717, 1.165) is 11.8 Å². The Balaban J connectivity index is 2.24. The predicted molar refractivity (Wildman–Crippen MR) is 38.8 cm³/mol. The van der Waals surface area contributed by atoms with Crippen LogP contribution in [0.5, 0.6) is 0 Å². The molecule has 0 saturated carbocycles. The summed E-state index contributed by atoms with van der Waals surface area (Å²) in [7, 11) is 0. The molecule has 0 aromatic rings. The molecule has 0 aliphatic carbocycles. The lowest BCUT2D eigenvalue weighted by molar-refractivity contribution is 0.443. The zero-order valence-electron chi connectivity index (χ0n) is 5.48. The fourth-order valence-corrected chi connectivity index (χ4v) is 1.99. The number of nitrogens with one attached hydrogen (secondary N) is 1. The van der Waals surface area contributed by atoms with Crippen molar-refractivity contribution in [1.29, 1.82) is 0 Å². The Hall–Kier alpha value is 0.310. The van der Waals surface area contributed by atoms with Gasteiger partial charge in [-0.15, -0.1) is 0 Å². The largest absolute Gasteiger partial charge is 0.264 e. The molecular formula is C6H13NS. The molecule has 1 saturated heterocycles. The van der Waals surface area contributed by atoms with Gasteiger partial charge in [-0.1, -0.05) is 25.8 Å². The van der Waals surface area contributed by atoms with Gasteiger partial charge >= 0.3 is 0 Å². The van der Waals surface area contributed by atoms with Crippen molar-refractivity contribution < 1.29 is 0 Å². The molecular weight excluding hydrogens is 118 g/mol. The first-order chi connectivity index (χ1) is 3.80. The summed E-state index contributed by atoms with van der Waals surface area (Å²) in [5.41, 5.74) is 0. The Morgan fingerprint density at radius 3 is 2.62 bits per heavy atom. The van der Waals surface area contributed by atoms with E-state index < -0.39 is 0 Å². The van der Waals surface area contributed by atoms with Crippen LogP contribution < -0.4 is 4.72 Å². The highest BCUT2D eigenvalue weighted by atomic mass is 32.2. The van der Waals surface area contributed by atoms with E-state index in [0.29, 0.717) is 0 Å². The monoisotopic (exact) mass is 131 g/mol. The topological polar surface area (TPSA) is 12.0 Å². The van der Waals surface area contributed by atoms with Gasteiger partial charge in [0.2, 0.25) is 0 Å². The predicted octanol–water partition coefficient (Wildman–Crippen LogP) is 1.51. The second kappa shape index (κ2) is 2.74. The van der Waals surface area contributed by atoms with Gasteiger partial charge in [0.15, 0.2) is 0 Å². The maximum Gasteiger partial charge on any atom is 0.0122 e. The summed E-state index contributed by atoms with van der Waals surface area (Å²) in [5.74, 6) is 3.08. The summed E-state index contributed by atoms with van der Waals surface area (Å²) in [6.45, 7) is 5.79. The first-order valence-electron chi connectivity index (χ1n) is 3.15. The second-order valence-electron chi connectivity index (χ2n) is 2.66. The summed E-state index contributed by atoms with van der Waals surface area (Å²) >= 11 is 1.86. The van der Waals surface area contributed by atoms with E-state index >= 15 is 0 Å². The molecule has 48 valence electrons. The third-order valence-corrected chi connectivity index (χ3v) is 2.65. The highest BCUT2D eigenvalue weighted by Crippen LogP contribution is 2.20. The van der Waals surface area contributed by atoms with Crippen molar-refractivity contribution in [2.75, 3.05) is 12.3 Å². The molecule has 8 heavy (non-hydrogen) atoms. The molecule has 0 aromatic carbocycles. The van der Waals surface area contributed by atoms with Gasteiger partial charge in [-0.05, 0) is 11.8 Å². The van der Waals surface area contributed by atoms with Crippen LogP contribution in [-0.2, 0) is 0 Å². The van der Waals surface area contributed by atoms with Crippen molar-refractivity contribution in [2.45, 2.75) is 13.8 Å². The third kappa shape index (κ3) is 1.39. The van der Waals surface area contributed by atoms with Gasteiger partial charge in [0.05, 0.1) is 0 Å². The van der Waals surface area contributed by atoms with Gasteiger partial charge in [-0.3, -0.25) is 4.72 Å². The lowest BCUT2D eigenvalue weighted by Crippen LogP contribution is -2.13. The molecule has 1 aliphatic rings. The van der Waals surface area contributed by atoms with Gasteiger partial charge in [0.25, 0.3) is 0 Å². The Bertz CT molecular complexity index is 66.9. The fraction of sp³-hybridized carbons (Fsp3) is 1.00. The highest BCUT2D eigenvalue weighted by Gasteiger charge is 2.17. The van der Waals surface area contributed by atoms with Crippen LogP contribution in [0, 0.1) is 11.8 Å². The van der Waals surface area contributed by atoms with Crippen LogP contribution in [0.25, 0.3) is 0 Å². The van der Waals surface area contributed by atoms with Gasteiger partial charge in [0, 0.05) is 12.3 Å². The Labute approximate surface area is 55.4 Å². The average molecular weight is 131 g/mol. The van der Waals surface area contributed by atoms with Crippen LogP contribution in [0.3, 0.4) is 0 Å². The van der Waals surface area contributed by atoms with Gasteiger partial charge in [0.1, 0.15) is 0 Å². The van der Waals surface area contributed by atoms with Crippen LogP contribution in [0.1, 0.15) is 13.8 Å². The molecule has 1 atom stereocenters. The van der Waals surface area contributed by atoms with E-state index in [9.17, 15) is 0 Å². The lowest BCUT2D eigenvalue weighted by Gasteiger charge is -2.09. The zero-order valence-corrected chi connectivity index (χ0v) is 6.29. The molecule has 0 aromatic heterocycles. The maximum atomic E-state index is 3.27. The van der Waals surface area contributed by atoms with Crippen molar-refractivity contribution in [3.05, 3.63) is 0 Å². The third-order valence-electron chi connectivity index (χ3n) is 1.69. The minimum Gasteiger partial charge on any atom is -0.264 e. The first kappa shape index (κ1) is 6.43. The molecule has 0 spiro atoms. The lowest BCUT2D eigenvalue weighted by atomic mass is 9.99. The highest BCUT2D eigenvalue weighted by molar-refractivity contribution is 7.97. The smallest absolute Gasteiger partial charge is 0.0122 e. The number of hydrogen-bond donors (Lipinski definition) is 1. The molecule has 2 heteroatoms. The van der Waals surface area contributed by atoms with E-state index in [1.165, 1.54) is 12.3 Å². The summed E-state index contributed by atoms with van der Waals surface area (Å²) in [5, 5.41) is 0. The summed E-state index contributed by atoms with van der Waals surface area (Å²) in [6, 6.07) is 0. The Kier molecular flexibility index (Phi) is 2.20. The SMILES string of the molecule is CC(C)[C@H]1CNSC1. The molecule has 1 fully saturated rings. The average Bonchev–Trinajstić information content (AvgIpc) is 2.12. The molecule has 1 heterocycles. The summed E-state index contributed by atoms with van der Waals surface area (Å²) in [4.78, 5) is 0. The molecule has 1 nitrogen and oxygen atoms in total. The molecule has 1 rings (SSSR count). The standard InChI is InChI=1S/C6H13NS/c1-5(2)6-3-7-8-4-6/h5-7H,3-4H2,1-2H3/t6-/m0/s1. The van der Waals surface area contributed by atoms with E-state index in [1.54, 1.807) is 0 Å². The minimum atomic E-state index is 0.859. The van der Waals surface area contributed by atoms with E-state index in [1.807, 2.05) is 11.9 Å². The van der Waals surface area contributed by atoms with E-state index in [2.05, 4.69) is 18.6 Å². The van der Waals surface area contributed by atoms with Crippen molar-refractivity contribution >= 4 is 11.9 Å². The van der Waals surface area contributed by atoms with E-state index in [4.69, 9.17) is 0 Å². The second-order valence-corrected chi connectivity index (χ2v) is 3.57. The quantitative estimate of drug-likeness (QED) is 0.541. The minimum absolute atomic E-state index is 0.859. The van der Waals surface area contributed by atoms with Crippen LogP contribution >= 0.6 is 11.9 Å². The van der Waals surface area contributed by atoms with Crippen molar-refractivity contribution in [3.8, 4) is 0 Å². The summed E-state index contributed by atoms with van der Waals surface area (Å²) in [6.07, 6.45) is 0. The Morgan fingerprint density at radius 2 is 2.38 bits per heavy atom. The molecule has 0 unspecified atom stereocenters. The molecule has 0 bridgehead atoms. The van der Waals surface area contributed by atoms with E-state index in [-0.39, 0.29) is 0 Å². The first-order valence-corrected chi connectivity index (χ1v) is 4.14. The summed E-state index contributed by atoms with van der Waals surface area (Å²) < 4.78 is 3.27. The normalized spacial score (nSPS) is 29.6. The van der Waals surface area contributed by atoms with Crippen LogP contribution in [0.4, 0.5) is 0 Å². The van der Waals surface area contributed by atoms with Gasteiger partial charge in [-0.2, -0.15) is 0 Å². The maximum absolute atomic E-state index is 3.27. The van der Waals surface area contributed by atoms with Crippen molar-refractivity contribution in [1.82, 2.24) is 4.72 Å². The van der Waals surface area contributed by atoms with Crippen LogP contribution in [0.2, 0.25) is 0 Å². The molecule has 1 N–H and O–H groups in total. The van der Waals surface area contributed by atoms with Crippen LogP contribution in [0.15, 0.2) is 0 Å². The molecule has 0 radical (unpaired) electrons. The number of hydrogen-bond acceptors (Lipinski definition) is 2. The Morgan fingerprint density at radius 1 is 1.62 bits per heavy atom. The molecule has 1 aliphatic heterocycles. The zero-order chi connectivity index (χ0) is 5.98. The number of rotatable bonds is 1. The van der Waals surface area contributed by atoms with Crippen molar-refractivity contribution in [2.24, 2.45) is 11.8 Å². The van der Waals surface area contributed by atoms with Crippen molar-refractivity contribution in [3.63, 3.8) is 0 Å².